The number of carboxylic acids is 2. The van der Waals surface area contributed by atoms with Crippen LogP contribution in [0, 0.1) is 22.7 Å². The van der Waals surface area contributed by atoms with E-state index < -0.39 is 11.9 Å². The zero-order valence-corrected chi connectivity index (χ0v) is 19.4. The van der Waals surface area contributed by atoms with E-state index in [-0.39, 0.29) is 22.7 Å². The van der Waals surface area contributed by atoms with E-state index in [0.29, 0.717) is 23.0 Å². The number of carboxylic acid groups (broad SMARTS) is 2. The molecule has 0 saturated heterocycles. The third-order valence-electron chi connectivity index (χ3n) is 7.34. The quantitative estimate of drug-likeness (QED) is 0.559. The Labute approximate surface area is 181 Å². The molecule has 166 valence electrons. The molecule has 2 aliphatic rings. The van der Waals surface area contributed by atoms with Crippen molar-refractivity contribution in [2.45, 2.75) is 91.9 Å². The van der Waals surface area contributed by atoms with E-state index in [4.69, 9.17) is 0 Å². The largest absolute Gasteiger partial charge is 0.478 e. The zero-order chi connectivity index (χ0) is 22.4. The van der Waals surface area contributed by atoms with Crippen LogP contribution in [-0.4, -0.2) is 22.2 Å². The fourth-order valence-corrected chi connectivity index (χ4v) is 7.02. The number of aromatic carboxylic acids is 2. The van der Waals surface area contributed by atoms with Gasteiger partial charge in [-0.05, 0) is 96.3 Å². The Morgan fingerprint density at radius 2 is 1.07 bits per heavy atom. The van der Waals surface area contributed by atoms with Crippen LogP contribution < -0.4 is 0 Å². The van der Waals surface area contributed by atoms with Gasteiger partial charge in [0.15, 0.2) is 0 Å². The van der Waals surface area contributed by atoms with Crippen molar-refractivity contribution in [2.75, 3.05) is 0 Å². The van der Waals surface area contributed by atoms with Gasteiger partial charge in [0.2, 0.25) is 0 Å². The van der Waals surface area contributed by atoms with Crippen LogP contribution in [0.3, 0.4) is 0 Å². The molecule has 0 amide bonds. The number of hydrogen-bond donors (Lipinski definition) is 2. The minimum Gasteiger partial charge on any atom is -0.478 e. The Kier molecular flexibility index (Phi) is 6.10. The minimum atomic E-state index is -0.942. The number of carbonyl (C=O) groups is 2. The van der Waals surface area contributed by atoms with E-state index in [1.807, 2.05) is 0 Å². The number of benzene rings is 1. The first-order chi connectivity index (χ1) is 13.8. The van der Waals surface area contributed by atoms with Crippen molar-refractivity contribution in [1.29, 1.82) is 0 Å². The molecule has 2 fully saturated rings. The summed E-state index contributed by atoms with van der Waals surface area (Å²) in [6.45, 7) is 13.5. The average Bonchev–Trinajstić information content (AvgIpc) is 2.56. The highest BCUT2D eigenvalue weighted by atomic mass is 16.4. The van der Waals surface area contributed by atoms with Gasteiger partial charge in [-0.15, -0.1) is 0 Å². The molecular weight excluding hydrogens is 376 g/mol. The van der Waals surface area contributed by atoms with E-state index >= 15 is 0 Å². The summed E-state index contributed by atoms with van der Waals surface area (Å²) in [5.74, 6) is -0.731. The van der Waals surface area contributed by atoms with Crippen LogP contribution in [0.5, 0.6) is 0 Å². The van der Waals surface area contributed by atoms with Crippen molar-refractivity contribution >= 4 is 11.9 Å². The third-order valence-corrected chi connectivity index (χ3v) is 7.34. The lowest BCUT2D eigenvalue weighted by Gasteiger charge is -2.43. The molecule has 0 radical (unpaired) electrons. The summed E-state index contributed by atoms with van der Waals surface area (Å²) in [5, 5.41) is 20.1. The second-order valence-corrected chi connectivity index (χ2v) is 11.8. The van der Waals surface area contributed by atoms with E-state index in [9.17, 15) is 19.8 Å². The zero-order valence-electron chi connectivity index (χ0n) is 19.4. The molecule has 2 aliphatic carbocycles. The Hall–Kier alpha value is -1.84. The van der Waals surface area contributed by atoms with Crippen LogP contribution in [0.4, 0.5) is 0 Å². The molecule has 2 N–H and O–H groups in total. The summed E-state index contributed by atoms with van der Waals surface area (Å²) < 4.78 is 0. The Bertz CT molecular complexity index is 767. The number of rotatable bonds is 4. The second-order valence-electron chi connectivity index (χ2n) is 11.8. The predicted molar refractivity (Wildman–Crippen MR) is 119 cm³/mol. The molecular formula is C26H38O4. The van der Waals surface area contributed by atoms with Gasteiger partial charge >= 0.3 is 11.9 Å². The summed E-state index contributed by atoms with van der Waals surface area (Å²) in [4.78, 5) is 24.5. The second kappa shape index (κ2) is 8.01. The first-order valence-electron chi connectivity index (χ1n) is 11.4. The Morgan fingerprint density at radius 3 is 1.33 bits per heavy atom. The van der Waals surface area contributed by atoms with Crippen molar-refractivity contribution < 1.29 is 19.8 Å². The maximum absolute atomic E-state index is 12.3. The van der Waals surface area contributed by atoms with E-state index in [2.05, 4.69) is 41.5 Å². The highest BCUT2D eigenvalue weighted by Gasteiger charge is 2.40. The molecule has 0 bridgehead atoms. The van der Waals surface area contributed by atoms with Crippen LogP contribution >= 0.6 is 0 Å². The topological polar surface area (TPSA) is 74.6 Å². The van der Waals surface area contributed by atoms with Gasteiger partial charge in [-0.3, -0.25) is 0 Å². The molecule has 4 atom stereocenters. The minimum absolute atomic E-state index is 0.0875. The molecule has 0 aromatic heterocycles. The summed E-state index contributed by atoms with van der Waals surface area (Å²) in [7, 11) is 0. The van der Waals surface area contributed by atoms with Gasteiger partial charge in [-0.1, -0.05) is 41.5 Å². The predicted octanol–water partition coefficient (Wildman–Crippen LogP) is 6.94. The Balaban J connectivity index is 2.24. The lowest BCUT2D eigenvalue weighted by Crippen LogP contribution is -2.31. The van der Waals surface area contributed by atoms with Crippen molar-refractivity contribution in [2.24, 2.45) is 22.7 Å². The SMILES string of the molecule is C[C@@H]1C[C@@H](c2c(C(=O)O)ccc(C(=O)O)c2[C@@H]2C[C@@H](C)CC(C)(C)C2)CC(C)(C)C1. The lowest BCUT2D eigenvalue weighted by molar-refractivity contribution is 0.0674. The Morgan fingerprint density at radius 1 is 0.733 bits per heavy atom. The van der Waals surface area contributed by atoms with Crippen LogP contribution in [0.2, 0.25) is 0 Å². The first kappa shape index (κ1) is 22.8. The molecule has 0 aliphatic heterocycles. The third kappa shape index (κ3) is 4.73. The standard InChI is InChI=1S/C26H38O4/c1-15-9-17(13-25(3,4)11-15)21-19(23(27)28)7-8-20(24(29)30)22(21)18-10-16(2)12-26(5,6)14-18/h7-8,15-18H,9-14H2,1-6H3,(H,27,28)(H,29,30)/t15-,16-,17-,18-/m1/s1. The molecule has 30 heavy (non-hydrogen) atoms. The molecule has 1 aromatic carbocycles. The maximum atomic E-state index is 12.3. The highest BCUT2D eigenvalue weighted by molar-refractivity contribution is 5.95. The molecule has 1 aromatic rings. The van der Waals surface area contributed by atoms with Crippen LogP contribution in [0.1, 0.15) is 124 Å². The normalized spacial score (nSPS) is 30.6. The smallest absolute Gasteiger partial charge is 0.335 e. The van der Waals surface area contributed by atoms with E-state index in [1.54, 1.807) is 0 Å². The van der Waals surface area contributed by atoms with E-state index in [1.165, 1.54) is 12.1 Å². The van der Waals surface area contributed by atoms with Gasteiger partial charge in [0.1, 0.15) is 0 Å². The van der Waals surface area contributed by atoms with Crippen LogP contribution in [-0.2, 0) is 0 Å². The van der Waals surface area contributed by atoms with Gasteiger partial charge in [0, 0.05) is 0 Å². The summed E-state index contributed by atoms with van der Waals surface area (Å²) in [5.41, 5.74) is 2.48. The highest BCUT2D eigenvalue weighted by Crippen LogP contribution is 2.52. The van der Waals surface area contributed by atoms with Crippen molar-refractivity contribution in [3.8, 4) is 0 Å². The fraction of sp³-hybridized carbons (Fsp3) is 0.692. The monoisotopic (exact) mass is 414 g/mol. The summed E-state index contributed by atoms with van der Waals surface area (Å²) in [6.07, 6.45) is 5.89. The molecule has 0 spiro atoms. The summed E-state index contributed by atoms with van der Waals surface area (Å²) >= 11 is 0. The molecule has 2 saturated carbocycles. The fourth-order valence-electron chi connectivity index (χ4n) is 7.02. The van der Waals surface area contributed by atoms with Gasteiger partial charge in [0.25, 0.3) is 0 Å². The summed E-state index contributed by atoms with van der Waals surface area (Å²) in [6, 6.07) is 3.07. The van der Waals surface area contributed by atoms with Gasteiger partial charge in [-0.2, -0.15) is 0 Å². The van der Waals surface area contributed by atoms with E-state index in [0.717, 1.165) is 49.7 Å². The first-order valence-corrected chi connectivity index (χ1v) is 11.4. The van der Waals surface area contributed by atoms with Gasteiger partial charge in [0.05, 0.1) is 11.1 Å². The maximum Gasteiger partial charge on any atom is 0.335 e. The lowest BCUT2D eigenvalue weighted by atomic mass is 9.61. The van der Waals surface area contributed by atoms with Gasteiger partial charge in [-0.25, -0.2) is 9.59 Å². The van der Waals surface area contributed by atoms with Crippen molar-refractivity contribution in [3.05, 3.63) is 34.4 Å². The molecule has 0 heterocycles. The van der Waals surface area contributed by atoms with Gasteiger partial charge < -0.3 is 10.2 Å². The number of hydrogen-bond acceptors (Lipinski definition) is 2. The van der Waals surface area contributed by atoms with Crippen LogP contribution in [0.25, 0.3) is 0 Å². The molecule has 0 unspecified atom stereocenters. The van der Waals surface area contributed by atoms with Crippen molar-refractivity contribution in [3.63, 3.8) is 0 Å². The average molecular weight is 415 g/mol. The molecule has 3 rings (SSSR count). The molecule has 4 heteroatoms. The van der Waals surface area contributed by atoms with Crippen LogP contribution in [0.15, 0.2) is 12.1 Å². The van der Waals surface area contributed by atoms with Crippen molar-refractivity contribution in [1.82, 2.24) is 0 Å². The molecule has 4 nitrogen and oxygen atoms in total.